The summed E-state index contributed by atoms with van der Waals surface area (Å²) >= 11 is 0. The third kappa shape index (κ3) is 7.87. The summed E-state index contributed by atoms with van der Waals surface area (Å²) in [5.41, 5.74) is -2.40. The standard InChI is InChI=1S/C16H20BF2NO2.C6H14O2/c1-16(2,3)22-15(21)20-6-4-10(5-7-20)11-8-12(18)14(17)13(19)9-11;1-5(2,7)6(3,4)8/h8-10H,4-7H2,1-3H3;7-8H,1-4H3. The van der Waals surface area contributed by atoms with E-state index in [1.165, 1.54) is 12.1 Å². The van der Waals surface area contributed by atoms with Crippen LogP contribution in [-0.4, -0.2) is 58.9 Å². The van der Waals surface area contributed by atoms with Gasteiger partial charge < -0.3 is 19.8 Å². The smallest absolute Gasteiger partial charge is 0.410 e. The third-order valence-electron chi connectivity index (χ3n) is 5.22. The molecular formula is C22H34BF2NO4. The number of rotatable bonds is 2. The molecule has 168 valence electrons. The summed E-state index contributed by atoms with van der Waals surface area (Å²) in [6, 6.07) is 2.57. The van der Waals surface area contributed by atoms with Gasteiger partial charge in [-0.15, -0.1) is 0 Å². The van der Waals surface area contributed by atoms with Crippen molar-refractivity contribution in [2.45, 2.75) is 84.0 Å². The summed E-state index contributed by atoms with van der Waals surface area (Å²) in [4.78, 5) is 13.6. The molecule has 1 aromatic carbocycles. The Morgan fingerprint density at radius 2 is 1.40 bits per heavy atom. The number of amides is 1. The van der Waals surface area contributed by atoms with Crippen molar-refractivity contribution in [1.82, 2.24) is 4.90 Å². The van der Waals surface area contributed by atoms with Crippen LogP contribution >= 0.6 is 0 Å². The lowest BCUT2D eigenvalue weighted by Crippen LogP contribution is -2.44. The van der Waals surface area contributed by atoms with E-state index in [0.717, 1.165) is 0 Å². The summed E-state index contributed by atoms with van der Waals surface area (Å²) in [5, 5.41) is 18.2. The predicted molar refractivity (Wildman–Crippen MR) is 114 cm³/mol. The molecule has 8 heteroatoms. The zero-order valence-electron chi connectivity index (χ0n) is 19.1. The van der Waals surface area contributed by atoms with E-state index in [9.17, 15) is 13.6 Å². The first-order chi connectivity index (χ1) is 13.4. The number of ether oxygens (including phenoxy) is 1. The largest absolute Gasteiger partial charge is 0.444 e. The Morgan fingerprint density at radius 3 is 1.73 bits per heavy atom. The number of carbonyl (C=O) groups is 1. The van der Waals surface area contributed by atoms with Crippen molar-refractivity contribution >= 4 is 19.4 Å². The van der Waals surface area contributed by atoms with Crippen LogP contribution in [0.25, 0.3) is 0 Å². The van der Waals surface area contributed by atoms with Crippen LogP contribution < -0.4 is 5.46 Å². The molecule has 2 radical (unpaired) electrons. The van der Waals surface area contributed by atoms with Gasteiger partial charge in [-0.2, -0.15) is 0 Å². The maximum Gasteiger partial charge on any atom is 0.410 e. The van der Waals surface area contributed by atoms with E-state index in [0.29, 0.717) is 31.5 Å². The Kier molecular flexibility index (Phi) is 8.48. The molecule has 1 aliphatic rings. The van der Waals surface area contributed by atoms with Crippen molar-refractivity contribution in [3.05, 3.63) is 29.3 Å². The average Bonchev–Trinajstić information content (AvgIpc) is 2.56. The van der Waals surface area contributed by atoms with E-state index in [-0.39, 0.29) is 12.0 Å². The van der Waals surface area contributed by atoms with Crippen molar-refractivity contribution < 1.29 is 28.5 Å². The summed E-state index contributed by atoms with van der Waals surface area (Å²) in [5.74, 6) is -1.45. The molecule has 2 N–H and O–H groups in total. The van der Waals surface area contributed by atoms with Crippen LogP contribution in [0.15, 0.2) is 12.1 Å². The molecule has 0 aromatic heterocycles. The van der Waals surface area contributed by atoms with Crippen LogP contribution in [-0.2, 0) is 4.74 Å². The summed E-state index contributed by atoms with van der Waals surface area (Å²) < 4.78 is 32.4. The second-order valence-corrected chi connectivity index (χ2v) is 9.76. The van der Waals surface area contributed by atoms with Gasteiger partial charge in [-0.1, -0.05) is 0 Å². The summed E-state index contributed by atoms with van der Waals surface area (Å²) in [7, 11) is 5.28. The van der Waals surface area contributed by atoms with E-state index in [4.69, 9.17) is 22.8 Å². The molecule has 0 bridgehead atoms. The topological polar surface area (TPSA) is 70.0 Å². The maximum atomic E-state index is 13.5. The maximum absolute atomic E-state index is 13.5. The lowest BCUT2D eigenvalue weighted by Gasteiger charge is -2.33. The number of carbonyl (C=O) groups excluding carboxylic acids is 1. The molecule has 1 heterocycles. The van der Waals surface area contributed by atoms with E-state index < -0.39 is 33.9 Å². The molecule has 1 saturated heterocycles. The molecule has 1 aliphatic heterocycles. The van der Waals surface area contributed by atoms with Gasteiger partial charge in [0.25, 0.3) is 0 Å². The predicted octanol–water partition coefficient (Wildman–Crippen LogP) is 3.40. The van der Waals surface area contributed by atoms with Gasteiger partial charge in [0, 0.05) is 13.1 Å². The van der Waals surface area contributed by atoms with Crippen molar-refractivity contribution in [2.24, 2.45) is 0 Å². The second-order valence-electron chi connectivity index (χ2n) is 9.76. The van der Waals surface area contributed by atoms with Crippen LogP contribution in [0.5, 0.6) is 0 Å². The Hall–Kier alpha value is -1.67. The van der Waals surface area contributed by atoms with Gasteiger partial charge in [0.2, 0.25) is 0 Å². The zero-order chi connectivity index (χ0) is 23.5. The van der Waals surface area contributed by atoms with Crippen LogP contribution in [0.2, 0.25) is 0 Å². The summed E-state index contributed by atoms with van der Waals surface area (Å²) in [6.45, 7) is 12.8. The quantitative estimate of drug-likeness (QED) is 0.713. The highest BCUT2D eigenvalue weighted by Gasteiger charge is 2.32. The van der Waals surface area contributed by atoms with Gasteiger partial charge in [0.05, 0.1) is 11.2 Å². The van der Waals surface area contributed by atoms with Gasteiger partial charge in [-0.05, 0) is 90.4 Å². The highest BCUT2D eigenvalue weighted by atomic mass is 19.1. The number of nitrogens with zero attached hydrogens (tertiary/aromatic N) is 1. The van der Waals surface area contributed by atoms with Crippen LogP contribution in [0, 0.1) is 11.6 Å². The number of aliphatic hydroxyl groups is 2. The molecule has 0 unspecified atom stereocenters. The molecule has 1 amide bonds. The minimum Gasteiger partial charge on any atom is -0.444 e. The number of piperidine rings is 1. The lowest BCUT2D eigenvalue weighted by molar-refractivity contribution is -0.107. The Labute approximate surface area is 179 Å². The first-order valence-corrected chi connectivity index (χ1v) is 10.1. The van der Waals surface area contributed by atoms with E-state index in [2.05, 4.69) is 0 Å². The van der Waals surface area contributed by atoms with Crippen molar-refractivity contribution in [3.63, 3.8) is 0 Å². The molecule has 0 spiro atoms. The Bertz CT molecular complexity index is 693. The molecule has 1 aromatic rings. The van der Waals surface area contributed by atoms with Gasteiger partial charge in [-0.3, -0.25) is 0 Å². The van der Waals surface area contributed by atoms with Crippen molar-refractivity contribution in [3.8, 4) is 0 Å². The highest BCUT2D eigenvalue weighted by molar-refractivity contribution is 6.32. The van der Waals surface area contributed by atoms with Crippen LogP contribution in [0.3, 0.4) is 0 Å². The van der Waals surface area contributed by atoms with Gasteiger partial charge in [0.1, 0.15) is 25.1 Å². The SMILES string of the molecule is CC(C)(O)C(C)(C)O.[B]c1c(F)cc(C2CCN(C(=O)OC(C)(C)C)CC2)cc1F. The average molecular weight is 425 g/mol. The first-order valence-electron chi connectivity index (χ1n) is 10.1. The molecule has 0 aliphatic carbocycles. The lowest BCUT2D eigenvalue weighted by atomic mass is 9.86. The van der Waals surface area contributed by atoms with E-state index in [1.807, 2.05) is 20.8 Å². The molecule has 30 heavy (non-hydrogen) atoms. The molecular weight excluding hydrogens is 391 g/mol. The highest BCUT2D eigenvalue weighted by Crippen LogP contribution is 2.29. The van der Waals surface area contributed by atoms with Crippen molar-refractivity contribution in [1.29, 1.82) is 0 Å². The van der Waals surface area contributed by atoms with Gasteiger partial charge in [0.15, 0.2) is 0 Å². The number of benzene rings is 1. The first kappa shape index (κ1) is 26.4. The molecule has 2 rings (SSSR count). The Morgan fingerprint density at radius 1 is 1.00 bits per heavy atom. The van der Waals surface area contributed by atoms with Crippen LogP contribution in [0.1, 0.15) is 72.8 Å². The fraction of sp³-hybridized carbons (Fsp3) is 0.682. The van der Waals surface area contributed by atoms with Crippen molar-refractivity contribution in [2.75, 3.05) is 13.1 Å². The van der Waals surface area contributed by atoms with Crippen LogP contribution in [0.4, 0.5) is 13.6 Å². The fourth-order valence-electron chi connectivity index (χ4n) is 2.56. The molecule has 0 saturated carbocycles. The number of hydrogen-bond donors (Lipinski definition) is 2. The fourth-order valence-corrected chi connectivity index (χ4v) is 2.56. The molecule has 1 fully saturated rings. The Balaban J connectivity index is 0.000000479. The van der Waals surface area contributed by atoms with Gasteiger partial charge in [-0.25, -0.2) is 13.6 Å². The number of likely N-dealkylation sites (tertiary alicyclic amines) is 1. The van der Waals surface area contributed by atoms with E-state index in [1.54, 1.807) is 32.6 Å². The second kappa shape index (κ2) is 9.64. The van der Waals surface area contributed by atoms with E-state index >= 15 is 0 Å². The summed E-state index contributed by atoms with van der Waals surface area (Å²) in [6.07, 6.45) is 0.935. The zero-order valence-corrected chi connectivity index (χ0v) is 19.1. The number of hydrogen-bond acceptors (Lipinski definition) is 4. The minimum absolute atomic E-state index is 0.0169. The minimum atomic E-state index is -1.01. The molecule has 0 atom stereocenters. The number of halogens is 2. The normalized spacial score (nSPS) is 16.0. The molecule has 5 nitrogen and oxygen atoms in total. The van der Waals surface area contributed by atoms with Gasteiger partial charge >= 0.3 is 6.09 Å². The third-order valence-corrected chi connectivity index (χ3v) is 5.22. The monoisotopic (exact) mass is 425 g/mol.